The van der Waals surface area contributed by atoms with E-state index in [1.807, 2.05) is 0 Å². The Hall–Kier alpha value is -3.04. The molecule has 26 heavy (non-hydrogen) atoms. The number of methoxy groups -OCH3 is 2. The number of rotatable bonds is 7. The third kappa shape index (κ3) is 4.74. The highest BCUT2D eigenvalue weighted by Crippen LogP contribution is 2.20. The van der Waals surface area contributed by atoms with Crippen molar-refractivity contribution in [2.75, 3.05) is 14.2 Å². The van der Waals surface area contributed by atoms with E-state index in [9.17, 15) is 28.0 Å². The molecule has 8 nitrogen and oxygen atoms in total. The molecular weight excluding hydrogens is 354 g/mol. The van der Waals surface area contributed by atoms with Crippen LogP contribution in [0.2, 0.25) is 0 Å². The lowest BCUT2D eigenvalue weighted by molar-refractivity contribution is -0.161. The van der Waals surface area contributed by atoms with Crippen molar-refractivity contribution in [1.29, 1.82) is 0 Å². The van der Waals surface area contributed by atoms with Gasteiger partial charge in [-0.3, -0.25) is 19.2 Å². The topological polar surface area (TPSA) is 125 Å². The van der Waals surface area contributed by atoms with Gasteiger partial charge in [-0.1, -0.05) is 6.92 Å². The Labute approximate surface area is 147 Å². The van der Waals surface area contributed by atoms with Gasteiger partial charge in [-0.25, -0.2) is 8.78 Å². The van der Waals surface area contributed by atoms with Crippen molar-refractivity contribution in [2.45, 2.75) is 13.0 Å². The Balaban J connectivity index is 3.11. The first-order valence-electron chi connectivity index (χ1n) is 7.34. The van der Waals surface area contributed by atoms with Gasteiger partial charge >= 0.3 is 11.9 Å². The highest BCUT2D eigenvalue weighted by molar-refractivity contribution is 5.99. The van der Waals surface area contributed by atoms with Crippen LogP contribution in [0.1, 0.15) is 17.3 Å². The second-order valence-electron chi connectivity index (χ2n) is 5.37. The first kappa shape index (κ1) is 21.0. The highest BCUT2D eigenvalue weighted by Gasteiger charge is 2.41. The van der Waals surface area contributed by atoms with E-state index in [2.05, 4.69) is 14.8 Å². The number of carbonyl (C=O) groups excluding carboxylic acids is 4. The van der Waals surface area contributed by atoms with Gasteiger partial charge in [0.25, 0.3) is 5.91 Å². The number of primary amides is 1. The van der Waals surface area contributed by atoms with Crippen molar-refractivity contribution < 1.29 is 37.4 Å². The van der Waals surface area contributed by atoms with Crippen LogP contribution >= 0.6 is 0 Å². The first-order valence-corrected chi connectivity index (χ1v) is 7.34. The van der Waals surface area contributed by atoms with Crippen molar-refractivity contribution >= 4 is 23.8 Å². The van der Waals surface area contributed by atoms with Gasteiger partial charge in [0.2, 0.25) is 5.91 Å². The van der Waals surface area contributed by atoms with Crippen molar-refractivity contribution in [3.05, 3.63) is 35.4 Å². The van der Waals surface area contributed by atoms with Gasteiger partial charge in [-0.15, -0.1) is 0 Å². The molecule has 3 N–H and O–H groups in total. The maximum Gasteiger partial charge on any atom is 0.320 e. The van der Waals surface area contributed by atoms with E-state index in [-0.39, 0.29) is 5.56 Å². The summed E-state index contributed by atoms with van der Waals surface area (Å²) in [6.07, 6.45) is 0. The van der Waals surface area contributed by atoms with E-state index < -0.39 is 53.3 Å². The van der Waals surface area contributed by atoms with Gasteiger partial charge in [0, 0.05) is 11.5 Å². The van der Waals surface area contributed by atoms with Crippen LogP contribution in [0.5, 0.6) is 0 Å². The predicted molar refractivity (Wildman–Crippen MR) is 83.5 cm³/mol. The summed E-state index contributed by atoms with van der Waals surface area (Å²) in [6, 6.07) is 0.873. The van der Waals surface area contributed by atoms with Crippen molar-refractivity contribution in [2.24, 2.45) is 17.6 Å². The van der Waals surface area contributed by atoms with Crippen LogP contribution in [0.4, 0.5) is 8.78 Å². The summed E-state index contributed by atoms with van der Waals surface area (Å²) in [5, 5.41) is 2.20. The molecule has 0 bridgehead atoms. The lowest BCUT2D eigenvalue weighted by Crippen LogP contribution is -2.52. The monoisotopic (exact) mass is 372 g/mol. The molecule has 0 saturated heterocycles. The number of amides is 2. The van der Waals surface area contributed by atoms with Gasteiger partial charge in [0.05, 0.1) is 14.2 Å². The molecule has 0 spiro atoms. The molecule has 0 aliphatic rings. The van der Waals surface area contributed by atoms with Crippen molar-refractivity contribution in [3.8, 4) is 0 Å². The van der Waals surface area contributed by atoms with Gasteiger partial charge in [-0.2, -0.15) is 0 Å². The summed E-state index contributed by atoms with van der Waals surface area (Å²) in [6.45, 7) is 1.31. The number of nitrogens with two attached hydrogens (primary N) is 1. The van der Waals surface area contributed by atoms with Crippen LogP contribution in [0.25, 0.3) is 0 Å². The molecule has 1 aromatic carbocycles. The Kier molecular flexibility index (Phi) is 7.17. The van der Waals surface area contributed by atoms with Gasteiger partial charge in [0.15, 0.2) is 17.6 Å². The second kappa shape index (κ2) is 8.88. The summed E-state index contributed by atoms with van der Waals surface area (Å²) in [4.78, 5) is 47.6. The molecule has 0 fully saturated rings. The van der Waals surface area contributed by atoms with E-state index in [0.29, 0.717) is 6.07 Å². The lowest BCUT2D eigenvalue weighted by atomic mass is 9.86. The fraction of sp³-hybridized carbons (Fsp3) is 0.375. The largest absolute Gasteiger partial charge is 0.468 e. The Morgan fingerprint density at radius 2 is 1.58 bits per heavy atom. The molecule has 142 valence electrons. The maximum atomic E-state index is 13.3. The third-order valence-corrected chi connectivity index (χ3v) is 3.74. The summed E-state index contributed by atoms with van der Waals surface area (Å²) in [5.41, 5.74) is 4.96. The molecule has 1 rings (SSSR count). The molecule has 0 aliphatic heterocycles. The zero-order valence-corrected chi connectivity index (χ0v) is 14.2. The number of esters is 2. The predicted octanol–water partition coefficient (Wildman–Crippen LogP) is 0.147. The maximum absolute atomic E-state index is 13.3. The van der Waals surface area contributed by atoms with Crippen LogP contribution < -0.4 is 11.1 Å². The number of nitrogens with one attached hydrogen (secondary N) is 1. The average molecular weight is 372 g/mol. The minimum Gasteiger partial charge on any atom is -0.468 e. The van der Waals surface area contributed by atoms with Crippen LogP contribution in [0.3, 0.4) is 0 Å². The molecular formula is C16H18F2N2O6. The highest BCUT2D eigenvalue weighted by atomic mass is 19.2. The molecule has 0 aromatic heterocycles. The van der Waals surface area contributed by atoms with Crippen molar-refractivity contribution in [1.82, 2.24) is 5.32 Å². The van der Waals surface area contributed by atoms with Crippen LogP contribution in [0, 0.1) is 23.5 Å². The average Bonchev–Trinajstić information content (AvgIpc) is 2.60. The van der Waals surface area contributed by atoms with Gasteiger partial charge < -0.3 is 20.5 Å². The number of halogens is 2. The fourth-order valence-electron chi connectivity index (χ4n) is 2.30. The quantitative estimate of drug-likeness (QED) is 0.518. The van der Waals surface area contributed by atoms with E-state index in [1.54, 1.807) is 0 Å². The fourth-order valence-corrected chi connectivity index (χ4v) is 2.30. The second-order valence-corrected chi connectivity index (χ2v) is 5.37. The number of hydrogen-bond donors (Lipinski definition) is 2. The summed E-state index contributed by atoms with van der Waals surface area (Å²) in [5.74, 6) is -9.06. The Morgan fingerprint density at radius 1 is 1.04 bits per heavy atom. The molecule has 0 unspecified atom stereocenters. The van der Waals surface area contributed by atoms with Gasteiger partial charge in [0.1, 0.15) is 6.04 Å². The Morgan fingerprint density at radius 3 is 2.00 bits per heavy atom. The molecule has 0 saturated carbocycles. The lowest BCUT2D eigenvalue weighted by Gasteiger charge is -2.26. The molecule has 1 aromatic rings. The van der Waals surface area contributed by atoms with Crippen LogP contribution in [-0.2, 0) is 23.9 Å². The number of hydrogen-bond acceptors (Lipinski definition) is 6. The summed E-state index contributed by atoms with van der Waals surface area (Å²) < 4.78 is 35.2. The molecule has 0 radical (unpaired) electrons. The minimum absolute atomic E-state index is 0.282. The van der Waals surface area contributed by atoms with Crippen molar-refractivity contribution in [3.63, 3.8) is 0 Å². The molecule has 0 aliphatic carbocycles. The Bertz CT molecular complexity index is 709. The zero-order chi connectivity index (χ0) is 20.0. The van der Waals surface area contributed by atoms with E-state index in [0.717, 1.165) is 26.4 Å². The molecule has 10 heteroatoms. The molecule has 2 atom stereocenters. The van der Waals surface area contributed by atoms with Crippen LogP contribution in [-0.4, -0.2) is 44.0 Å². The number of ether oxygens (including phenoxy) is 2. The molecule has 2 amide bonds. The van der Waals surface area contributed by atoms with Crippen LogP contribution in [0.15, 0.2) is 18.2 Å². The van der Waals surface area contributed by atoms with Gasteiger partial charge in [-0.05, 0) is 18.2 Å². The summed E-state index contributed by atoms with van der Waals surface area (Å²) >= 11 is 0. The third-order valence-electron chi connectivity index (χ3n) is 3.74. The molecule has 0 heterocycles. The number of benzene rings is 1. The summed E-state index contributed by atoms with van der Waals surface area (Å²) in [7, 11) is 2.06. The van der Waals surface area contributed by atoms with E-state index >= 15 is 0 Å². The standard InChI is InChI=1S/C16H18F2N2O6/c1-7(11(15(23)25-2)16(24)26-3)12(13(19)21)20-14(22)8-4-5-9(17)10(18)6-8/h4-7,11-12H,1-3H3,(H2,19,21)(H,20,22)/t7-,12+/m0/s1. The SMILES string of the molecule is COC(=O)C(C(=O)OC)[C@H](C)[C@@H](NC(=O)c1ccc(F)c(F)c1)C(N)=O. The number of carbonyl (C=O) groups is 4. The normalized spacial score (nSPS) is 12.8. The first-order chi connectivity index (χ1) is 12.1. The minimum atomic E-state index is -1.53. The van der Waals surface area contributed by atoms with E-state index in [4.69, 9.17) is 5.73 Å². The van der Waals surface area contributed by atoms with E-state index in [1.165, 1.54) is 6.92 Å². The smallest absolute Gasteiger partial charge is 0.320 e. The zero-order valence-electron chi connectivity index (χ0n) is 14.2.